The molecule has 1 N–H and O–H groups in total. The van der Waals surface area contributed by atoms with Crippen LogP contribution in [-0.4, -0.2) is 0 Å². The number of rotatable bonds is 3. The molecule has 0 fully saturated rings. The molecule has 0 aromatic heterocycles. The molecule has 0 amide bonds. The SMILES string of the molecule is Clc1ccc(CNc2ccc(Br)c(Cl)c2Cl)c(Br)c1. The summed E-state index contributed by atoms with van der Waals surface area (Å²) in [5, 5.41) is 4.94. The van der Waals surface area contributed by atoms with E-state index in [0.717, 1.165) is 20.2 Å². The van der Waals surface area contributed by atoms with Crippen LogP contribution in [0.3, 0.4) is 0 Å². The first-order chi connectivity index (χ1) is 8.99. The molecule has 0 aliphatic heterocycles. The van der Waals surface area contributed by atoms with Crippen molar-refractivity contribution in [2.75, 3.05) is 5.32 Å². The van der Waals surface area contributed by atoms with E-state index in [1.165, 1.54) is 0 Å². The highest BCUT2D eigenvalue weighted by atomic mass is 79.9. The second kappa shape index (κ2) is 6.68. The van der Waals surface area contributed by atoms with Crippen molar-refractivity contribution in [1.29, 1.82) is 0 Å². The molecule has 2 aromatic carbocycles. The zero-order valence-electron chi connectivity index (χ0n) is 9.48. The third-order valence-electron chi connectivity index (χ3n) is 2.52. The number of hydrogen-bond donors (Lipinski definition) is 1. The highest BCUT2D eigenvalue weighted by molar-refractivity contribution is 9.10. The van der Waals surface area contributed by atoms with E-state index in [0.29, 0.717) is 21.6 Å². The van der Waals surface area contributed by atoms with Gasteiger partial charge in [-0.25, -0.2) is 0 Å². The average molecular weight is 444 g/mol. The normalized spacial score (nSPS) is 10.6. The van der Waals surface area contributed by atoms with Crippen LogP contribution in [0, 0.1) is 0 Å². The summed E-state index contributed by atoms with van der Waals surface area (Å²) in [7, 11) is 0. The summed E-state index contributed by atoms with van der Waals surface area (Å²) in [5.41, 5.74) is 1.87. The Morgan fingerprint density at radius 1 is 0.895 bits per heavy atom. The van der Waals surface area contributed by atoms with Crippen LogP contribution in [0.15, 0.2) is 39.3 Å². The van der Waals surface area contributed by atoms with Gasteiger partial charge in [0, 0.05) is 20.5 Å². The van der Waals surface area contributed by atoms with E-state index in [4.69, 9.17) is 34.8 Å². The van der Waals surface area contributed by atoms with E-state index in [1.807, 2.05) is 30.3 Å². The molecule has 0 unspecified atom stereocenters. The maximum Gasteiger partial charge on any atom is 0.0835 e. The zero-order chi connectivity index (χ0) is 14.0. The molecule has 19 heavy (non-hydrogen) atoms. The maximum absolute atomic E-state index is 6.17. The van der Waals surface area contributed by atoms with Crippen LogP contribution in [0.4, 0.5) is 5.69 Å². The highest BCUT2D eigenvalue weighted by Gasteiger charge is 2.08. The van der Waals surface area contributed by atoms with E-state index in [1.54, 1.807) is 0 Å². The quantitative estimate of drug-likeness (QED) is 0.515. The van der Waals surface area contributed by atoms with Crippen LogP contribution in [0.2, 0.25) is 15.1 Å². The minimum absolute atomic E-state index is 0.501. The second-order valence-corrected chi connectivity index (χ2v) is 6.71. The first-order valence-corrected chi connectivity index (χ1v) is 8.02. The monoisotopic (exact) mass is 441 g/mol. The summed E-state index contributed by atoms with van der Waals surface area (Å²) in [6.45, 7) is 0.620. The highest BCUT2D eigenvalue weighted by Crippen LogP contribution is 2.36. The third kappa shape index (κ3) is 3.79. The Morgan fingerprint density at radius 2 is 1.63 bits per heavy atom. The summed E-state index contributed by atoms with van der Waals surface area (Å²) in [6, 6.07) is 9.39. The lowest BCUT2D eigenvalue weighted by molar-refractivity contribution is 1.14. The molecule has 2 rings (SSSR count). The van der Waals surface area contributed by atoms with Gasteiger partial charge in [0.15, 0.2) is 0 Å². The molecule has 100 valence electrons. The number of benzene rings is 2. The van der Waals surface area contributed by atoms with Crippen LogP contribution in [0.5, 0.6) is 0 Å². The topological polar surface area (TPSA) is 12.0 Å². The first kappa shape index (κ1) is 15.5. The molecule has 2 aromatic rings. The Labute approximate surface area is 143 Å². The Bertz CT molecular complexity index is 617. The predicted octanol–water partition coefficient (Wildman–Crippen LogP) is 6.78. The number of halogens is 5. The van der Waals surface area contributed by atoms with E-state index in [9.17, 15) is 0 Å². The molecule has 6 heteroatoms. The maximum atomic E-state index is 6.17. The van der Waals surface area contributed by atoms with Crippen molar-refractivity contribution in [3.05, 3.63) is 59.9 Å². The second-order valence-electron chi connectivity index (χ2n) is 3.81. The van der Waals surface area contributed by atoms with Gasteiger partial charge in [0.1, 0.15) is 0 Å². The summed E-state index contributed by atoms with van der Waals surface area (Å²) in [5.74, 6) is 0. The Morgan fingerprint density at radius 3 is 2.32 bits per heavy atom. The molecule has 0 atom stereocenters. The van der Waals surface area contributed by atoms with Gasteiger partial charge in [0.05, 0.1) is 15.7 Å². The van der Waals surface area contributed by atoms with Crippen molar-refractivity contribution in [1.82, 2.24) is 0 Å². The van der Waals surface area contributed by atoms with Crippen molar-refractivity contribution in [2.45, 2.75) is 6.54 Å². The lowest BCUT2D eigenvalue weighted by Crippen LogP contribution is -2.01. The van der Waals surface area contributed by atoms with Gasteiger partial charge < -0.3 is 5.32 Å². The Hall–Kier alpha value is 0.0700. The first-order valence-electron chi connectivity index (χ1n) is 5.30. The van der Waals surface area contributed by atoms with Crippen LogP contribution >= 0.6 is 66.7 Å². The lowest BCUT2D eigenvalue weighted by atomic mass is 10.2. The smallest absolute Gasteiger partial charge is 0.0835 e. The van der Waals surface area contributed by atoms with Gasteiger partial charge in [-0.05, 0) is 45.8 Å². The van der Waals surface area contributed by atoms with E-state index in [-0.39, 0.29) is 0 Å². The van der Waals surface area contributed by atoms with E-state index in [2.05, 4.69) is 37.2 Å². The minimum atomic E-state index is 0.501. The molecule has 0 heterocycles. The molecule has 0 bridgehead atoms. The van der Waals surface area contributed by atoms with Crippen LogP contribution in [0.1, 0.15) is 5.56 Å². The fraction of sp³-hybridized carbons (Fsp3) is 0.0769. The van der Waals surface area contributed by atoms with Gasteiger partial charge in [-0.1, -0.05) is 56.8 Å². The molecular weight excluding hydrogens is 436 g/mol. The van der Waals surface area contributed by atoms with Crippen molar-refractivity contribution < 1.29 is 0 Å². The number of anilines is 1. The van der Waals surface area contributed by atoms with E-state index < -0.39 is 0 Å². The van der Waals surface area contributed by atoms with Gasteiger partial charge >= 0.3 is 0 Å². The van der Waals surface area contributed by atoms with Gasteiger partial charge in [0.2, 0.25) is 0 Å². The zero-order valence-corrected chi connectivity index (χ0v) is 14.9. The fourth-order valence-corrected chi connectivity index (χ4v) is 3.18. The van der Waals surface area contributed by atoms with Gasteiger partial charge in [-0.2, -0.15) is 0 Å². The van der Waals surface area contributed by atoms with Crippen LogP contribution in [-0.2, 0) is 6.54 Å². The molecule has 0 radical (unpaired) electrons. The molecule has 0 saturated carbocycles. The van der Waals surface area contributed by atoms with Crippen molar-refractivity contribution in [3.8, 4) is 0 Å². The van der Waals surface area contributed by atoms with Gasteiger partial charge in [-0.15, -0.1) is 0 Å². The predicted molar refractivity (Wildman–Crippen MR) is 90.6 cm³/mol. The molecule has 0 saturated heterocycles. The molecule has 0 aliphatic rings. The largest absolute Gasteiger partial charge is 0.380 e. The Kier molecular flexibility index (Phi) is 5.44. The van der Waals surface area contributed by atoms with E-state index >= 15 is 0 Å². The summed E-state index contributed by atoms with van der Waals surface area (Å²) in [6.07, 6.45) is 0. The van der Waals surface area contributed by atoms with Crippen LogP contribution in [0.25, 0.3) is 0 Å². The third-order valence-corrected chi connectivity index (χ3v) is 5.26. The van der Waals surface area contributed by atoms with Crippen molar-refractivity contribution >= 4 is 72.4 Å². The number of nitrogens with one attached hydrogen (secondary N) is 1. The van der Waals surface area contributed by atoms with Crippen molar-refractivity contribution in [2.24, 2.45) is 0 Å². The number of hydrogen-bond acceptors (Lipinski definition) is 1. The summed E-state index contributed by atoms with van der Waals surface area (Å²) >= 11 is 25.0. The summed E-state index contributed by atoms with van der Waals surface area (Å²) in [4.78, 5) is 0. The molecule has 0 aliphatic carbocycles. The standard InChI is InChI=1S/C13H8Br2Cl3N/c14-9-3-4-11(13(18)12(9)17)19-6-7-1-2-8(16)5-10(7)15/h1-5,19H,6H2. The summed E-state index contributed by atoms with van der Waals surface area (Å²) < 4.78 is 1.73. The molecule has 0 spiro atoms. The molecular formula is C13H8Br2Cl3N. The van der Waals surface area contributed by atoms with Crippen molar-refractivity contribution in [3.63, 3.8) is 0 Å². The van der Waals surface area contributed by atoms with Crippen LogP contribution < -0.4 is 5.32 Å². The Balaban J connectivity index is 2.17. The van der Waals surface area contributed by atoms with Gasteiger partial charge in [-0.3, -0.25) is 0 Å². The fourth-order valence-electron chi connectivity index (χ4n) is 1.52. The average Bonchev–Trinajstić information content (AvgIpc) is 2.37. The lowest BCUT2D eigenvalue weighted by Gasteiger charge is -2.11. The molecule has 1 nitrogen and oxygen atoms in total. The minimum Gasteiger partial charge on any atom is -0.380 e. The van der Waals surface area contributed by atoms with Gasteiger partial charge in [0.25, 0.3) is 0 Å².